The molecule has 0 aliphatic heterocycles. The van der Waals surface area contributed by atoms with E-state index < -0.39 is 0 Å². The molecule has 0 amide bonds. The molecule has 0 saturated heterocycles. The second kappa shape index (κ2) is 2.92. The third-order valence-electron chi connectivity index (χ3n) is 2.64. The van der Waals surface area contributed by atoms with Crippen molar-refractivity contribution in [2.45, 2.75) is 6.42 Å². The van der Waals surface area contributed by atoms with Crippen molar-refractivity contribution in [3.05, 3.63) is 52.1 Å². The van der Waals surface area contributed by atoms with Crippen LogP contribution in [0.15, 0.2) is 41.0 Å². The Hall–Kier alpha value is -1.15. The van der Waals surface area contributed by atoms with Crippen LogP contribution < -0.4 is 0 Å². The maximum absolute atomic E-state index is 4.43. The van der Waals surface area contributed by atoms with Gasteiger partial charge in [-0.15, -0.1) is 0 Å². The van der Waals surface area contributed by atoms with Crippen LogP contribution in [0.2, 0.25) is 0 Å². The number of hydrogen-bond donors (Lipinski definition) is 0. The van der Waals surface area contributed by atoms with E-state index in [0.29, 0.717) is 0 Å². The molecule has 1 nitrogen and oxygen atoms in total. The van der Waals surface area contributed by atoms with Crippen molar-refractivity contribution >= 4 is 15.9 Å². The van der Waals surface area contributed by atoms with Crippen LogP contribution >= 0.6 is 15.9 Å². The molecule has 2 heteroatoms. The molecule has 1 heterocycles. The summed E-state index contributed by atoms with van der Waals surface area (Å²) in [5.41, 5.74) is 5.11. The minimum Gasteiger partial charge on any atom is -0.256 e. The second-order valence-corrected chi connectivity index (χ2v) is 4.31. The molecule has 68 valence electrons. The van der Waals surface area contributed by atoms with Crippen LogP contribution in [0.4, 0.5) is 0 Å². The number of rotatable bonds is 0. The van der Waals surface area contributed by atoms with E-state index in [2.05, 4.69) is 45.2 Å². The fourth-order valence-electron chi connectivity index (χ4n) is 1.97. The fourth-order valence-corrected chi connectivity index (χ4v) is 2.41. The molecular formula is C12H8BrN. The van der Waals surface area contributed by atoms with Gasteiger partial charge in [0.05, 0.1) is 5.69 Å². The Morgan fingerprint density at radius 1 is 1.14 bits per heavy atom. The van der Waals surface area contributed by atoms with E-state index in [9.17, 15) is 0 Å². The summed E-state index contributed by atoms with van der Waals surface area (Å²) in [5.74, 6) is 0. The Labute approximate surface area is 90.9 Å². The SMILES string of the molecule is Brc1ccnc2c1Cc1ccccc1-2. The van der Waals surface area contributed by atoms with Crippen molar-refractivity contribution in [1.29, 1.82) is 0 Å². The van der Waals surface area contributed by atoms with Gasteiger partial charge >= 0.3 is 0 Å². The van der Waals surface area contributed by atoms with Crippen molar-refractivity contribution in [1.82, 2.24) is 4.98 Å². The van der Waals surface area contributed by atoms with Gasteiger partial charge in [-0.1, -0.05) is 40.2 Å². The van der Waals surface area contributed by atoms with Crippen LogP contribution in [-0.4, -0.2) is 4.98 Å². The van der Waals surface area contributed by atoms with Crippen LogP contribution in [-0.2, 0) is 6.42 Å². The predicted octanol–water partition coefficient (Wildman–Crippen LogP) is 3.42. The van der Waals surface area contributed by atoms with Gasteiger partial charge in [-0.25, -0.2) is 0 Å². The fraction of sp³-hybridized carbons (Fsp3) is 0.0833. The number of benzene rings is 1. The van der Waals surface area contributed by atoms with Crippen LogP contribution in [0.25, 0.3) is 11.3 Å². The first-order valence-electron chi connectivity index (χ1n) is 4.58. The average molecular weight is 246 g/mol. The molecule has 14 heavy (non-hydrogen) atoms. The maximum atomic E-state index is 4.43. The molecule has 0 radical (unpaired) electrons. The zero-order valence-corrected chi connectivity index (χ0v) is 9.08. The minimum absolute atomic E-state index is 1.000. The highest BCUT2D eigenvalue weighted by atomic mass is 79.9. The number of aromatic nitrogens is 1. The molecule has 1 aromatic carbocycles. The van der Waals surface area contributed by atoms with Crippen molar-refractivity contribution < 1.29 is 0 Å². The van der Waals surface area contributed by atoms with E-state index >= 15 is 0 Å². The third kappa shape index (κ3) is 1.04. The van der Waals surface area contributed by atoms with E-state index in [1.54, 1.807) is 0 Å². The van der Waals surface area contributed by atoms with Gasteiger partial charge in [-0.3, -0.25) is 4.98 Å². The number of nitrogens with zero attached hydrogens (tertiary/aromatic N) is 1. The molecule has 1 aromatic heterocycles. The standard InChI is InChI=1S/C12H8BrN/c13-11-5-6-14-12-9-4-2-1-3-8(9)7-10(11)12/h1-6H,7H2. The highest BCUT2D eigenvalue weighted by Gasteiger charge is 2.20. The van der Waals surface area contributed by atoms with Gasteiger partial charge in [0.1, 0.15) is 0 Å². The summed E-state index contributed by atoms with van der Waals surface area (Å²) in [7, 11) is 0. The van der Waals surface area contributed by atoms with E-state index in [4.69, 9.17) is 0 Å². The minimum atomic E-state index is 1.000. The Morgan fingerprint density at radius 3 is 2.93 bits per heavy atom. The lowest BCUT2D eigenvalue weighted by Gasteiger charge is -1.99. The van der Waals surface area contributed by atoms with E-state index in [-0.39, 0.29) is 0 Å². The summed E-state index contributed by atoms with van der Waals surface area (Å²) in [5, 5.41) is 0. The summed E-state index contributed by atoms with van der Waals surface area (Å²) in [4.78, 5) is 4.43. The number of halogens is 1. The molecule has 0 atom stereocenters. The topological polar surface area (TPSA) is 12.9 Å². The Balaban J connectivity index is 2.33. The van der Waals surface area contributed by atoms with E-state index in [1.807, 2.05) is 12.3 Å². The Bertz CT molecular complexity index is 505. The number of fused-ring (bicyclic) bond motifs is 3. The molecule has 1 aliphatic carbocycles. The van der Waals surface area contributed by atoms with Gasteiger partial charge in [0.2, 0.25) is 0 Å². The van der Waals surface area contributed by atoms with Gasteiger partial charge in [0.25, 0.3) is 0 Å². The highest BCUT2D eigenvalue weighted by molar-refractivity contribution is 9.10. The molecule has 0 unspecified atom stereocenters. The molecular weight excluding hydrogens is 238 g/mol. The smallest absolute Gasteiger partial charge is 0.0751 e. The zero-order chi connectivity index (χ0) is 9.54. The van der Waals surface area contributed by atoms with Crippen LogP contribution in [0.3, 0.4) is 0 Å². The summed E-state index contributed by atoms with van der Waals surface area (Å²) < 4.78 is 1.17. The van der Waals surface area contributed by atoms with Crippen LogP contribution in [0, 0.1) is 0 Å². The third-order valence-corrected chi connectivity index (χ3v) is 3.38. The largest absolute Gasteiger partial charge is 0.256 e. The van der Waals surface area contributed by atoms with E-state index in [0.717, 1.165) is 12.1 Å². The molecule has 0 N–H and O–H groups in total. The molecule has 0 saturated carbocycles. The first kappa shape index (κ1) is 8.18. The Morgan fingerprint density at radius 2 is 2.00 bits per heavy atom. The molecule has 1 aliphatic rings. The van der Waals surface area contributed by atoms with Crippen molar-refractivity contribution in [3.8, 4) is 11.3 Å². The number of pyridine rings is 1. The number of hydrogen-bond acceptors (Lipinski definition) is 1. The van der Waals surface area contributed by atoms with Gasteiger partial charge in [0.15, 0.2) is 0 Å². The summed E-state index contributed by atoms with van der Waals surface area (Å²) >= 11 is 3.57. The highest BCUT2D eigenvalue weighted by Crippen LogP contribution is 2.37. The molecule has 3 rings (SSSR count). The van der Waals surface area contributed by atoms with Crippen molar-refractivity contribution in [2.75, 3.05) is 0 Å². The van der Waals surface area contributed by atoms with Gasteiger partial charge in [-0.05, 0) is 17.2 Å². The normalized spacial score (nSPS) is 12.4. The maximum Gasteiger partial charge on any atom is 0.0751 e. The molecule has 2 aromatic rings. The zero-order valence-electron chi connectivity index (χ0n) is 7.50. The summed E-state index contributed by atoms with van der Waals surface area (Å²) in [6, 6.07) is 10.5. The lowest BCUT2D eigenvalue weighted by Crippen LogP contribution is -1.84. The Kier molecular flexibility index (Phi) is 1.71. The first-order chi connectivity index (χ1) is 6.86. The lowest BCUT2D eigenvalue weighted by atomic mass is 10.1. The molecule has 0 fully saturated rings. The monoisotopic (exact) mass is 245 g/mol. The summed E-state index contributed by atoms with van der Waals surface area (Å²) in [6.45, 7) is 0. The lowest BCUT2D eigenvalue weighted by molar-refractivity contribution is 1.21. The molecule has 0 spiro atoms. The molecule has 0 bridgehead atoms. The van der Waals surface area contributed by atoms with Crippen molar-refractivity contribution in [2.24, 2.45) is 0 Å². The van der Waals surface area contributed by atoms with Gasteiger partial charge < -0.3 is 0 Å². The van der Waals surface area contributed by atoms with E-state index in [1.165, 1.54) is 21.2 Å². The van der Waals surface area contributed by atoms with Crippen molar-refractivity contribution in [3.63, 3.8) is 0 Å². The average Bonchev–Trinajstić information content (AvgIpc) is 2.59. The van der Waals surface area contributed by atoms with Crippen LogP contribution in [0.1, 0.15) is 11.1 Å². The van der Waals surface area contributed by atoms with Crippen LogP contribution in [0.5, 0.6) is 0 Å². The second-order valence-electron chi connectivity index (χ2n) is 3.45. The van der Waals surface area contributed by atoms with Gasteiger partial charge in [-0.2, -0.15) is 0 Å². The quantitative estimate of drug-likeness (QED) is 0.592. The van der Waals surface area contributed by atoms with Gasteiger partial charge in [0, 0.05) is 22.7 Å². The predicted molar refractivity (Wildman–Crippen MR) is 60.2 cm³/mol. The summed E-state index contributed by atoms with van der Waals surface area (Å²) in [6.07, 6.45) is 2.85. The first-order valence-corrected chi connectivity index (χ1v) is 5.37.